The summed E-state index contributed by atoms with van der Waals surface area (Å²) in [5.41, 5.74) is 0. The van der Waals surface area contributed by atoms with Gasteiger partial charge in [0, 0.05) is 11.5 Å². The molecule has 0 rings (SSSR count). The van der Waals surface area contributed by atoms with Crippen LogP contribution in [0.5, 0.6) is 0 Å². The van der Waals surface area contributed by atoms with Crippen LogP contribution in [0.1, 0.15) is 25.7 Å². The SMILES string of the molecule is O=C([O-])CSCCCCCCSCC(=O)[O-].[Ni+2]. The first-order chi connectivity index (χ1) is 7.63. The number of hydrogen-bond acceptors (Lipinski definition) is 6. The van der Waals surface area contributed by atoms with E-state index in [9.17, 15) is 19.8 Å². The van der Waals surface area contributed by atoms with E-state index < -0.39 is 11.9 Å². The molecule has 0 aromatic heterocycles. The molecule has 0 aliphatic carbocycles. The van der Waals surface area contributed by atoms with Gasteiger partial charge in [0.15, 0.2) is 0 Å². The minimum Gasteiger partial charge on any atom is -0.549 e. The number of carbonyl (C=O) groups excluding carboxylic acids is 2. The van der Waals surface area contributed by atoms with E-state index in [0.29, 0.717) is 0 Å². The van der Waals surface area contributed by atoms with Crippen molar-refractivity contribution in [1.82, 2.24) is 0 Å². The quantitative estimate of drug-likeness (QED) is 0.377. The molecule has 0 fully saturated rings. The van der Waals surface area contributed by atoms with Crippen LogP contribution in [-0.4, -0.2) is 35.0 Å². The predicted molar refractivity (Wildman–Crippen MR) is 63.1 cm³/mol. The topological polar surface area (TPSA) is 80.3 Å². The van der Waals surface area contributed by atoms with Crippen LogP contribution in [0.25, 0.3) is 0 Å². The van der Waals surface area contributed by atoms with E-state index in [0.717, 1.165) is 37.2 Å². The molecule has 4 nitrogen and oxygen atoms in total. The molecule has 0 aromatic rings. The van der Waals surface area contributed by atoms with Crippen LogP contribution >= 0.6 is 23.5 Å². The van der Waals surface area contributed by atoms with Crippen molar-refractivity contribution in [2.45, 2.75) is 25.7 Å². The number of rotatable bonds is 11. The van der Waals surface area contributed by atoms with Gasteiger partial charge in [-0.3, -0.25) is 0 Å². The van der Waals surface area contributed by atoms with Crippen molar-refractivity contribution in [3.05, 3.63) is 0 Å². The molecule has 102 valence electrons. The van der Waals surface area contributed by atoms with Gasteiger partial charge in [0.2, 0.25) is 0 Å². The maximum atomic E-state index is 10.1. The summed E-state index contributed by atoms with van der Waals surface area (Å²) in [6.07, 6.45) is 4.13. The van der Waals surface area contributed by atoms with Gasteiger partial charge in [-0.05, 0) is 24.3 Å². The fourth-order valence-corrected chi connectivity index (χ4v) is 2.51. The fraction of sp³-hybridized carbons (Fsp3) is 0.800. The van der Waals surface area contributed by atoms with Crippen LogP contribution in [0.4, 0.5) is 0 Å². The number of unbranched alkanes of at least 4 members (excludes halogenated alkanes) is 3. The van der Waals surface area contributed by atoms with Crippen molar-refractivity contribution in [3.8, 4) is 0 Å². The van der Waals surface area contributed by atoms with Crippen molar-refractivity contribution < 1.29 is 36.3 Å². The zero-order chi connectivity index (χ0) is 12.2. The van der Waals surface area contributed by atoms with Gasteiger partial charge in [0.05, 0.1) is 11.9 Å². The number of aliphatic carboxylic acids is 2. The van der Waals surface area contributed by atoms with Crippen LogP contribution in [-0.2, 0) is 26.1 Å². The molecule has 0 aliphatic heterocycles. The predicted octanol–water partition coefficient (Wildman–Crippen LogP) is -0.489. The maximum Gasteiger partial charge on any atom is 2.00 e. The summed E-state index contributed by atoms with van der Waals surface area (Å²) in [7, 11) is 0. The second-order valence-electron chi connectivity index (χ2n) is 3.26. The summed E-state index contributed by atoms with van der Waals surface area (Å²) < 4.78 is 0. The van der Waals surface area contributed by atoms with Crippen molar-refractivity contribution in [1.29, 1.82) is 0 Å². The van der Waals surface area contributed by atoms with Crippen LogP contribution in [0.2, 0.25) is 0 Å². The van der Waals surface area contributed by atoms with Crippen molar-refractivity contribution in [2.75, 3.05) is 23.0 Å². The zero-order valence-corrected chi connectivity index (χ0v) is 12.0. The van der Waals surface area contributed by atoms with E-state index in [1.54, 1.807) is 0 Å². The normalized spacial score (nSPS) is 9.65. The second-order valence-corrected chi connectivity index (χ2v) is 5.47. The molecule has 0 amide bonds. The van der Waals surface area contributed by atoms with Crippen LogP contribution < -0.4 is 10.2 Å². The third-order valence-corrected chi connectivity index (χ3v) is 3.80. The van der Waals surface area contributed by atoms with Gasteiger partial charge < -0.3 is 19.8 Å². The molecule has 0 heterocycles. The summed E-state index contributed by atoms with van der Waals surface area (Å²) in [6.45, 7) is 0. The van der Waals surface area contributed by atoms with Crippen LogP contribution in [0.3, 0.4) is 0 Å². The molecule has 0 saturated heterocycles. The number of carboxylic acid groups (broad SMARTS) is 2. The second kappa shape index (κ2) is 14.2. The van der Waals surface area contributed by atoms with Gasteiger partial charge in [-0.15, -0.1) is 0 Å². The van der Waals surface area contributed by atoms with E-state index in [1.807, 2.05) is 0 Å². The fourth-order valence-electron chi connectivity index (χ4n) is 1.07. The molecule has 0 bridgehead atoms. The Labute approximate surface area is 120 Å². The smallest absolute Gasteiger partial charge is 0.549 e. The molecule has 0 aromatic carbocycles. The molecule has 0 saturated carbocycles. The summed E-state index contributed by atoms with van der Waals surface area (Å²) in [5.74, 6) is -0.184. The zero-order valence-electron chi connectivity index (χ0n) is 9.42. The number of carboxylic acids is 2. The van der Waals surface area contributed by atoms with E-state index in [2.05, 4.69) is 0 Å². The third kappa shape index (κ3) is 18.7. The Morgan fingerprint density at radius 1 is 0.765 bits per heavy atom. The van der Waals surface area contributed by atoms with Gasteiger partial charge in [-0.2, -0.15) is 23.5 Å². The molecular formula is C10H16NiO4S2. The Kier molecular flexibility index (Phi) is 16.3. The van der Waals surface area contributed by atoms with Crippen LogP contribution in [0.15, 0.2) is 0 Å². The minimum absolute atomic E-state index is 0. The maximum absolute atomic E-state index is 10.1. The van der Waals surface area contributed by atoms with Crippen molar-refractivity contribution >= 4 is 35.5 Å². The molecule has 0 spiro atoms. The molecule has 7 heteroatoms. The van der Waals surface area contributed by atoms with Crippen LogP contribution in [0, 0.1) is 0 Å². The van der Waals surface area contributed by atoms with Gasteiger partial charge in [0.1, 0.15) is 0 Å². The van der Waals surface area contributed by atoms with E-state index in [4.69, 9.17) is 0 Å². The van der Waals surface area contributed by atoms with Gasteiger partial charge in [-0.25, -0.2) is 0 Å². The largest absolute Gasteiger partial charge is 2.00 e. The Hall–Kier alpha value is 0.134. The summed E-state index contributed by atoms with van der Waals surface area (Å²) in [5, 5.41) is 20.1. The Morgan fingerprint density at radius 2 is 1.12 bits per heavy atom. The van der Waals surface area contributed by atoms with Gasteiger partial charge >= 0.3 is 16.5 Å². The van der Waals surface area contributed by atoms with E-state index in [-0.39, 0.29) is 28.0 Å². The van der Waals surface area contributed by atoms with E-state index >= 15 is 0 Å². The third-order valence-electron chi connectivity index (χ3n) is 1.77. The molecule has 0 atom stereocenters. The molecular weight excluding hydrogens is 307 g/mol. The van der Waals surface area contributed by atoms with Gasteiger partial charge in [-0.1, -0.05) is 12.8 Å². The number of thioether (sulfide) groups is 2. The summed E-state index contributed by atoms with van der Waals surface area (Å²) >= 11 is 2.76. The Balaban J connectivity index is 0. The van der Waals surface area contributed by atoms with E-state index in [1.165, 1.54) is 23.5 Å². The summed E-state index contributed by atoms with van der Waals surface area (Å²) in [4.78, 5) is 20.1. The average Bonchev–Trinajstić information content (AvgIpc) is 2.20. The van der Waals surface area contributed by atoms with Gasteiger partial charge in [0.25, 0.3) is 0 Å². The van der Waals surface area contributed by atoms with Crippen molar-refractivity contribution in [3.63, 3.8) is 0 Å². The number of hydrogen-bond donors (Lipinski definition) is 0. The molecule has 0 aliphatic rings. The van der Waals surface area contributed by atoms with Crippen molar-refractivity contribution in [2.24, 2.45) is 0 Å². The molecule has 0 N–H and O–H groups in total. The summed E-state index contributed by atoms with van der Waals surface area (Å²) in [6, 6.07) is 0. The molecule has 0 radical (unpaired) electrons. The minimum atomic E-state index is -1.01. The molecule has 0 unspecified atom stereocenters. The Morgan fingerprint density at radius 3 is 1.41 bits per heavy atom. The standard InChI is InChI=1S/C10H18O4S2.Ni/c11-9(12)7-15-5-3-1-2-4-6-16-8-10(13)14;/h1-8H2,(H,11,12)(H,13,14);/q;+2/p-2. The molecule has 17 heavy (non-hydrogen) atoms. The first-order valence-corrected chi connectivity index (χ1v) is 7.49. The number of carbonyl (C=O) groups is 2. The first kappa shape index (κ1) is 19.5. The Bertz CT molecular complexity index is 192. The first-order valence-electron chi connectivity index (χ1n) is 5.18. The average molecular weight is 323 g/mol. The monoisotopic (exact) mass is 322 g/mol.